The van der Waals surface area contributed by atoms with Gasteiger partial charge >= 0.3 is 0 Å². The maximum absolute atomic E-state index is 12.2. The number of alkyl halides is 1. The van der Waals surface area contributed by atoms with E-state index in [1.807, 2.05) is 60.7 Å². The smallest absolute Gasteiger partial charge is 0.252 e. The summed E-state index contributed by atoms with van der Waals surface area (Å²) in [6, 6.07) is 19.3. The Hall–Kier alpha value is -3.16. The SMILES string of the molecule is CN1C=C(C(=O)NCCF)C=CC1(O)C=NOC(c1ccccc1)c1ccccc1.Cl. The van der Waals surface area contributed by atoms with Gasteiger partial charge in [-0.1, -0.05) is 65.8 Å². The van der Waals surface area contributed by atoms with Crippen molar-refractivity contribution in [2.24, 2.45) is 5.16 Å². The number of hydrogen-bond donors (Lipinski definition) is 2. The second-order valence-corrected chi connectivity index (χ2v) is 6.80. The van der Waals surface area contributed by atoms with E-state index in [0.29, 0.717) is 5.57 Å². The molecule has 0 aliphatic carbocycles. The van der Waals surface area contributed by atoms with Crippen LogP contribution in [0.1, 0.15) is 17.2 Å². The van der Waals surface area contributed by atoms with Gasteiger partial charge in [0, 0.05) is 19.8 Å². The Morgan fingerprint density at radius 3 is 2.29 bits per heavy atom. The summed E-state index contributed by atoms with van der Waals surface area (Å²) in [5.74, 6) is -0.417. The summed E-state index contributed by atoms with van der Waals surface area (Å²) in [6.45, 7) is -0.704. The summed E-state index contributed by atoms with van der Waals surface area (Å²) in [4.78, 5) is 19.2. The fraction of sp³-hybridized carbons (Fsp3) is 0.217. The lowest BCUT2D eigenvalue weighted by molar-refractivity contribution is -0.117. The highest BCUT2D eigenvalue weighted by molar-refractivity contribution is 5.96. The zero-order valence-corrected chi connectivity index (χ0v) is 17.8. The molecule has 0 saturated heterocycles. The largest absolute Gasteiger partial charge is 0.383 e. The van der Waals surface area contributed by atoms with Crippen molar-refractivity contribution in [1.29, 1.82) is 0 Å². The fourth-order valence-corrected chi connectivity index (χ4v) is 2.96. The molecule has 1 aliphatic heterocycles. The number of aliphatic hydroxyl groups is 1. The number of carbonyl (C=O) groups is 1. The Kier molecular flexibility index (Phi) is 8.78. The number of hydrogen-bond acceptors (Lipinski definition) is 5. The summed E-state index contributed by atoms with van der Waals surface area (Å²) in [6.07, 6.45) is 5.17. The molecule has 164 valence electrons. The van der Waals surface area contributed by atoms with Crippen molar-refractivity contribution >= 4 is 24.5 Å². The van der Waals surface area contributed by atoms with E-state index in [-0.39, 0.29) is 19.0 Å². The average Bonchev–Trinajstić information content (AvgIpc) is 2.78. The van der Waals surface area contributed by atoms with Crippen LogP contribution >= 0.6 is 12.4 Å². The number of halogens is 2. The quantitative estimate of drug-likeness (QED) is 0.482. The van der Waals surface area contributed by atoms with Gasteiger partial charge in [-0.15, -0.1) is 12.4 Å². The maximum atomic E-state index is 12.2. The van der Waals surface area contributed by atoms with E-state index in [1.54, 1.807) is 7.05 Å². The van der Waals surface area contributed by atoms with Crippen LogP contribution in [0, 0.1) is 0 Å². The highest BCUT2D eigenvalue weighted by Crippen LogP contribution is 2.26. The van der Waals surface area contributed by atoms with Gasteiger partial charge in [-0.3, -0.25) is 4.79 Å². The first-order chi connectivity index (χ1) is 14.5. The molecule has 2 N–H and O–H groups in total. The molecule has 1 heterocycles. The van der Waals surface area contributed by atoms with E-state index >= 15 is 0 Å². The number of nitrogens with one attached hydrogen (secondary N) is 1. The van der Waals surface area contributed by atoms with Crippen LogP contribution in [-0.4, -0.2) is 48.1 Å². The van der Waals surface area contributed by atoms with Crippen molar-refractivity contribution in [3.63, 3.8) is 0 Å². The average molecular weight is 446 g/mol. The first-order valence-electron chi connectivity index (χ1n) is 9.54. The maximum Gasteiger partial charge on any atom is 0.252 e. The Bertz CT molecular complexity index is 898. The predicted octanol–water partition coefficient (Wildman–Crippen LogP) is 3.36. The standard InChI is InChI=1S/C23H24FN3O3.ClH/c1-27-16-20(22(28)25-15-14-24)12-13-23(27,29)17-26-30-21(18-8-4-2-5-9-18)19-10-6-3-7-11-19;/h2-13,16-17,21,29H,14-15H2,1H3,(H,25,28);1H. The van der Waals surface area contributed by atoms with E-state index in [9.17, 15) is 14.3 Å². The third-order valence-electron chi connectivity index (χ3n) is 4.66. The van der Waals surface area contributed by atoms with E-state index in [2.05, 4.69) is 10.5 Å². The molecule has 0 aromatic heterocycles. The van der Waals surface area contributed by atoms with Crippen LogP contribution < -0.4 is 5.32 Å². The van der Waals surface area contributed by atoms with Gasteiger partial charge in [-0.05, 0) is 23.3 Å². The molecular formula is C23H25ClFN3O3. The molecule has 0 radical (unpaired) electrons. The second-order valence-electron chi connectivity index (χ2n) is 6.80. The van der Waals surface area contributed by atoms with Gasteiger partial charge in [0.2, 0.25) is 0 Å². The Morgan fingerprint density at radius 2 is 1.77 bits per heavy atom. The minimum Gasteiger partial charge on any atom is -0.383 e. The number of rotatable bonds is 8. The Balaban J connectivity index is 0.00000341. The van der Waals surface area contributed by atoms with Gasteiger partial charge in [0.25, 0.3) is 5.91 Å². The van der Waals surface area contributed by atoms with Gasteiger partial charge in [-0.2, -0.15) is 0 Å². The summed E-state index contributed by atoms with van der Waals surface area (Å²) >= 11 is 0. The van der Waals surface area contributed by atoms with E-state index in [0.717, 1.165) is 11.1 Å². The molecule has 1 atom stereocenters. The molecule has 3 rings (SSSR count). The lowest BCUT2D eigenvalue weighted by atomic mass is 10.0. The van der Waals surface area contributed by atoms with Gasteiger partial charge in [0.05, 0.1) is 5.57 Å². The van der Waals surface area contributed by atoms with Crippen LogP contribution in [0.25, 0.3) is 0 Å². The topological polar surface area (TPSA) is 74.2 Å². The molecule has 8 heteroatoms. The van der Waals surface area contributed by atoms with Gasteiger partial charge in [0.15, 0.2) is 11.8 Å². The molecule has 6 nitrogen and oxygen atoms in total. The number of amides is 1. The van der Waals surface area contributed by atoms with Crippen molar-refractivity contribution in [2.45, 2.75) is 11.8 Å². The van der Waals surface area contributed by atoms with Crippen LogP contribution in [0.15, 0.2) is 89.7 Å². The summed E-state index contributed by atoms with van der Waals surface area (Å²) in [7, 11) is 1.60. The summed E-state index contributed by atoms with van der Waals surface area (Å²) in [5, 5.41) is 17.3. The first kappa shape index (κ1) is 24.1. The Labute approximate surface area is 187 Å². The molecule has 0 spiro atoms. The van der Waals surface area contributed by atoms with Crippen molar-refractivity contribution in [3.05, 3.63) is 95.7 Å². The molecule has 2 aromatic carbocycles. The zero-order chi connectivity index (χ0) is 21.4. The van der Waals surface area contributed by atoms with Crippen LogP contribution in [0.5, 0.6) is 0 Å². The second kappa shape index (κ2) is 11.3. The van der Waals surface area contributed by atoms with Crippen LogP contribution in [0.4, 0.5) is 4.39 Å². The van der Waals surface area contributed by atoms with Gasteiger partial charge in [0.1, 0.15) is 12.9 Å². The van der Waals surface area contributed by atoms with Crippen LogP contribution in [0.3, 0.4) is 0 Å². The third-order valence-corrected chi connectivity index (χ3v) is 4.66. The monoisotopic (exact) mass is 445 g/mol. The summed E-state index contributed by atoms with van der Waals surface area (Å²) < 4.78 is 12.2. The Morgan fingerprint density at radius 1 is 1.19 bits per heavy atom. The van der Waals surface area contributed by atoms with Crippen molar-refractivity contribution in [3.8, 4) is 0 Å². The normalized spacial score (nSPS) is 17.9. The number of benzene rings is 2. The zero-order valence-electron chi connectivity index (χ0n) is 17.0. The third kappa shape index (κ3) is 6.16. The van der Waals surface area contributed by atoms with Crippen LogP contribution in [0.2, 0.25) is 0 Å². The number of carbonyl (C=O) groups excluding carboxylic acids is 1. The molecule has 1 amide bonds. The van der Waals surface area contributed by atoms with Gasteiger partial charge in [-0.25, -0.2) is 4.39 Å². The predicted molar refractivity (Wildman–Crippen MR) is 120 cm³/mol. The number of likely N-dealkylation sites (N-methyl/N-ethyl adjacent to an activating group) is 1. The van der Waals surface area contributed by atoms with Crippen LogP contribution in [-0.2, 0) is 9.63 Å². The van der Waals surface area contributed by atoms with Gasteiger partial charge < -0.3 is 20.2 Å². The molecular weight excluding hydrogens is 421 g/mol. The minimum absolute atomic E-state index is 0. The highest BCUT2D eigenvalue weighted by atomic mass is 35.5. The summed E-state index contributed by atoms with van der Waals surface area (Å²) in [5.41, 5.74) is 0.581. The molecule has 0 fully saturated rings. The fourth-order valence-electron chi connectivity index (χ4n) is 2.96. The van der Waals surface area contributed by atoms with Crippen molar-refractivity contribution in [2.75, 3.05) is 20.3 Å². The molecule has 2 aromatic rings. The molecule has 1 aliphatic rings. The number of nitrogens with zero attached hydrogens (tertiary/aromatic N) is 2. The first-order valence-corrected chi connectivity index (χ1v) is 9.54. The highest BCUT2D eigenvalue weighted by Gasteiger charge is 2.30. The number of oxime groups is 1. The molecule has 0 saturated carbocycles. The molecule has 1 unspecified atom stereocenters. The van der Waals surface area contributed by atoms with E-state index in [1.165, 1.54) is 29.5 Å². The van der Waals surface area contributed by atoms with E-state index in [4.69, 9.17) is 4.84 Å². The van der Waals surface area contributed by atoms with Crippen molar-refractivity contribution in [1.82, 2.24) is 10.2 Å². The molecule has 31 heavy (non-hydrogen) atoms. The van der Waals surface area contributed by atoms with Crippen molar-refractivity contribution < 1.29 is 19.1 Å². The lowest BCUT2D eigenvalue weighted by Gasteiger charge is -2.33. The minimum atomic E-state index is -1.57. The molecule has 0 bridgehead atoms. The van der Waals surface area contributed by atoms with E-state index < -0.39 is 24.4 Å². The lowest BCUT2D eigenvalue weighted by Crippen LogP contribution is -2.45.